The van der Waals surface area contributed by atoms with Crippen LogP contribution in [-0.4, -0.2) is 36.2 Å². The van der Waals surface area contributed by atoms with Crippen LogP contribution in [-0.2, 0) is 6.54 Å². The summed E-state index contributed by atoms with van der Waals surface area (Å²) in [7, 11) is 0. The Labute approximate surface area is 179 Å². The highest BCUT2D eigenvalue weighted by atomic mass is 35.5. The number of hydrogen-bond donors (Lipinski definition) is 3. The number of aromatic hydroxyl groups is 1. The maximum absolute atomic E-state index is 13.0. The van der Waals surface area contributed by atoms with Gasteiger partial charge in [0.25, 0.3) is 11.5 Å². The summed E-state index contributed by atoms with van der Waals surface area (Å²) in [4.78, 5) is 30.0. The minimum Gasteiger partial charge on any atom is -0.494 e. The van der Waals surface area contributed by atoms with Gasteiger partial charge in [-0.25, -0.2) is 4.98 Å². The van der Waals surface area contributed by atoms with Gasteiger partial charge in [0.1, 0.15) is 17.2 Å². The standard InChI is InChI=1S/C20H24N6O3.ClH/c1-20(2,3)10-25-15-9-13(12-5-4-6-14(21)23-12)24-26(15)19(29)16(18(25)28)17(27)22-11-7-8-11;/h4-6,9,11,28H,7-8,10H2,1-3H3,(H2,21,23)(H,22,27);1H. The van der Waals surface area contributed by atoms with Crippen molar-refractivity contribution in [2.24, 2.45) is 5.41 Å². The van der Waals surface area contributed by atoms with Crippen molar-refractivity contribution in [2.75, 3.05) is 5.73 Å². The summed E-state index contributed by atoms with van der Waals surface area (Å²) < 4.78 is 2.69. The minimum absolute atomic E-state index is 0. The van der Waals surface area contributed by atoms with Crippen molar-refractivity contribution in [3.8, 4) is 17.3 Å². The molecule has 3 heterocycles. The second-order valence-electron chi connectivity index (χ2n) is 8.65. The summed E-state index contributed by atoms with van der Waals surface area (Å²) in [5.74, 6) is -0.613. The zero-order valence-electron chi connectivity index (χ0n) is 17.0. The van der Waals surface area contributed by atoms with Gasteiger partial charge in [-0.05, 0) is 30.4 Å². The van der Waals surface area contributed by atoms with Gasteiger partial charge in [0, 0.05) is 18.7 Å². The van der Waals surface area contributed by atoms with E-state index in [1.54, 1.807) is 28.8 Å². The number of amides is 1. The lowest BCUT2D eigenvalue weighted by molar-refractivity contribution is 0.0944. The molecular formula is C20H25ClN6O3. The third kappa shape index (κ3) is 4.11. The fourth-order valence-corrected chi connectivity index (χ4v) is 3.19. The van der Waals surface area contributed by atoms with Crippen LogP contribution in [0.15, 0.2) is 29.1 Å². The van der Waals surface area contributed by atoms with Crippen LogP contribution < -0.4 is 16.6 Å². The predicted molar refractivity (Wildman–Crippen MR) is 116 cm³/mol. The highest BCUT2D eigenvalue weighted by molar-refractivity contribution is 5.96. The number of hydrogen-bond acceptors (Lipinski definition) is 6. The summed E-state index contributed by atoms with van der Waals surface area (Å²) >= 11 is 0. The first-order chi connectivity index (χ1) is 13.6. The lowest BCUT2D eigenvalue weighted by Gasteiger charge is -2.23. The molecule has 0 saturated heterocycles. The fraction of sp³-hybridized carbons (Fsp3) is 0.400. The van der Waals surface area contributed by atoms with Crippen molar-refractivity contribution in [1.82, 2.24) is 24.5 Å². The number of carbonyl (C=O) groups is 1. The Kier molecular flexibility index (Phi) is 5.51. The molecule has 30 heavy (non-hydrogen) atoms. The molecule has 4 rings (SSSR count). The molecule has 1 aliphatic carbocycles. The Hall–Kier alpha value is -3.07. The van der Waals surface area contributed by atoms with Crippen molar-refractivity contribution in [1.29, 1.82) is 0 Å². The average molecular weight is 433 g/mol. The molecule has 0 aromatic carbocycles. The molecule has 1 fully saturated rings. The molecule has 0 atom stereocenters. The summed E-state index contributed by atoms with van der Waals surface area (Å²) in [5, 5.41) is 18.0. The number of aromatic nitrogens is 4. The van der Waals surface area contributed by atoms with Crippen LogP contribution in [0.5, 0.6) is 5.88 Å². The number of nitrogens with zero attached hydrogens (tertiary/aromatic N) is 4. The molecule has 10 heteroatoms. The molecule has 0 unspecified atom stereocenters. The van der Waals surface area contributed by atoms with E-state index in [9.17, 15) is 14.7 Å². The number of nitrogen functional groups attached to an aromatic ring is 1. The van der Waals surface area contributed by atoms with Crippen LogP contribution in [0.25, 0.3) is 17.0 Å². The van der Waals surface area contributed by atoms with E-state index in [0.29, 0.717) is 29.4 Å². The highest BCUT2D eigenvalue weighted by Crippen LogP contribution is 2.27. The van der Waals surface area contributed by atoms with E-state index in [2.05, 4.69) is 15.4 Å². The Balaban J connectivity index is 0.00000256. The van der Waals surface area contributed by atoms with Crippen molar-refractivity contribution in [3.05, 3.63) is 40.2 Å². The smallest absolute Gasteiger partial charge is 0.291 e. The summed E-state index contributed by atoms with van der Waals surface area (Å²) in [5.41, 5.74) is 5.88. The first kappa shape index (κ1) is 21.6. The first-order valence-electron chi connectivity index (χ1n) is 9.53. The van der Waals surface area contributed by atoms with Gasteiger partial charge in [-0.2, -0.15) is 9.61 Å². The quantitative estimate of drug-likeness (QED) is 0.579. The van der Waals surface area contributed by atoms with E-state index >= 15 is 0 Å². The second kappa shape index (κ2) is 7.64. The maximum Gasteiger partial charge on any atom is 0.291 e. The number of pyridine rings is 1. The summed E-state index contributed by atoms with van der Waals surface area (Å²) in [6.07, 6.45) is 1.75. The predicted octanol–water partition coefficient (Wildman–Crippen LogP) is 2.21. The number of rotatable bonds is 4. The molecule has 0 spiro atoms. The van der Waals surface area contributed by atoms with E-state index in [0.717, 1.165) is 17.4 Å². The van der Waals surface area contributed by atoms with Crippen LogP contribution in [0.4, 0.5) is 5.82 Å². The van der Waals surface area contributed by atoms with Crippen LogP contribution in [0.3, 0.4) is 0 Å². The Morgan fingerprint density at radius 3 is 2.60 bits per heavy atom. The van der Waals surface area contributed by atoms with E-state index in [-0.39, 0.29) is 35.3 Å². The molecule has 1 amide bonds. The molecule has 3 aromatic heterocycles. The SMILES string of the molecule is CC(C)(C)Cn1c(O)c(C(=O)NC2CC2)c(=O)n2nc(-c3cccc(N)n3)cc12.Cl. The molecule has 1 saturated carbocycles. The van der Waals surface area contributed by atoms with Crippen LogP contribution in [0.2, 0.25) is 0 Å². The van der Waals surface area contributed by atoms with Gasteiger partial charge in [-0.1, -0.05) is 26.8 Å². The first-order valence-corrected chi connectivity index (χ1v) is 9.53. The van der Waals surface area contributed by atoms with Crippen molar-refractivity contribution in [3.63, 3.8) is 0 Å². The van der Waals surface area contributed by atoms with Gasteiger partial charge in [-0.15, -0.1) is 12.4 Å². The lowest BCUT2D eigenvalue weighted by atomic mass is 9.96. The third-order valence-corrected chi connectivity index (χ3v) is 4.66. The van der Waals surface area contributed by atoms with Crippen LogP contribution >= 0.6 is 12.4 Å². The van der Waals surface area contributed by atoms with Gasteiger partial charge in [0.15, 0.2) is 5.56 Å². The minimum atomic E-state index is -0.670. The number of fused-ring (bicyclic) bond motifs is 1. The molecule has 4 N–H and O–H groups in total. The van der Waals surface area contributed by atoms with Gasteiger partial charge in [0.2, 0.25) is 5.88 Å². The number of nitrogens with one attached hydrogen (secondary N) is 1. The molecular weight excluding hydrogens is 408 g/mol. The normalized spacial score (nSPS) is 13.8. The fourth-order valence-electron chi connectivity index (χ4n) is 3.19. The van der Waals surface area contributed by atoms with Crippen molar-refractivity contribution >= 4 is 29.8 Å². The molecule has 160 valence electrons. The number of carbonyl (C=O) groups excluding carboxylic acids is 1. The average Bonchev–Trinajstić information content (AvgIpc) is 3.31. The highest BCUT2D eigenvalue weighted by Gasteiger charge is 2.30. The number of anilines is 1. The zero-order chi connectivity index (χ0) is 20.9. The van der Waals surface area contributed by atoms with Gasteiger partial charge < -0.3 is 16.2 Å². The molecule has 9 nitrogen and oxygen atoms in total. The van der Waals surface area contributed by atoms with Crippen LogP contribution in [0.1, 0.15) is 44.0 Å². The van der Waals surface area contributed by atoms with Crippen molar-refractivity contribution in [2.45, 2.75) is 46.2 Å². The largest absolute Gasteiger partial charge is 0.494 e. The van der Waals surface area contributed by atoms with Gasteiger partial charge >= 0.3 is 0 Å². The second-order valence-corrected chi connectivity index (χ2v) is 8.65. The van der Waals surface area contributed by atoms with E-state index < -0.39 is 11.5 Å². The van der Waals surface area contributed by atoms with E-state index in [1.165, 1.54) is 0 Å². The summed E-state index contributed by atoms with van der Waals surface area (Å²) in [6, 6.07) is 6.85. The Bertz CT molecular complexity index is 1170. The van der Waals surface area contributed by atoms with Gasteiger partial charge in [-0.3, -0.25) is 14.2 Å². The Morgan fingerprint density at radius 1 is 1.30 bits per heavy atom. The Morgan fingerprint density at radius 2 is 2.00 bits per heavy atom. The maximum atomic E-state index is 13.0. The topological polar surface area (TPSA) is 128 Å². The van der Waals surface area contributed by atoms with E-state index in [4.69, 9.17) is 5.73 Å². The molecule has 0 radical (unpaired) electrons. The van der Waals surface area contributed by atoms with E-state index in [1.807, 2.05) is 20.8 Å². The third-order valence-electron chi connectivity index (χ3n) is 4.66. The molecule has 0 bridgehead atoms. The number of halogens is 1. The van der Waals surface area contributed by atoms with Gasteiger partial charge in [0.05, 0.1) is 5.69 Å². The molecule has 0 aliphatic heterocycles. The summed E-state index contributed by atoms with van der Waals surface area (Å²) in [6.45, 7) is 6.38. The number of nitrogens with two attached hydrogens (primary N) is 1. The lowest BCUT2D eigenvalue weighted by Crippen LogP contribution is -2.35. The monoisotopic (exact) mass is 432 g/mol. The molecule has 1 aliphatic rings. The van der Waals surface area contributed by atoms with Crippen molar-refractivity contribution < 1.29 is 9.90 Å². The molecule has 3 aromatic rings. The van der Waals surface area contributed by atoms with Crippen LogP contribution in [0, 0.1) is 5.41 Å². The zero-order valence-corrected chi connectivity index (χ0v) is 17.9.